The number of rotatable bonds is 8. The molecule has 0 atom stereocenters. The zero-order valence-corrected chi connectivity index (χ0v) is 15.3. The lowest BCUT2D eigenvalue weighted by Crippen LogP contribution is -2.37. The smallest absolute Gasteiger partial charge is 0.242 e. The third-order valence-corrected chi connectivity index (χ3v) is 4.20. The lowest BCUT2D eigenvalue weighted by atomic mass is 10.2. The molecule has 0 bridgehead atoms. The summed E-state index contributed by atoms with van der Waals surface area (Å²) in [6.45, 7) is 9.45. The third-order valence-electron chi connectivity index (χ3n) is 4.20. The molecule has 10 heteroatoms. The minimum absolute atomic E-state index is 0.102. The number of imidazole rings is 1. The molecule has 1 N–H and O–H groups in total. The largest absolute Gasteiger partial charge is 0.379 e. The van der Waals surface area contributed by atoms with Gasteiger partial charge >= 0.3 is 0 Å². The predicted octanol–water partition coefficient (Wildman–Crippen LogP) is -0.326. The molecule has 10 nitrogen and oxygen atoms in total. The van der Waals surface area contributed by atoms with Gasteiger partial charge in [0.2, 0.25) is 5.91 Å². The first kappa shape index (κ1) is 18.5. The number of carbonyl (C=O) groups is 1. The molecule has 0 unspecified atom stereocenters. The molecular weight excluding hydrogens is 336 g/mol. The summed E-state index contributed by atoms with van der Waals surface area (Å²) in [7, 11) is 0. The average molecular weight is 362 g/mol. The van der Waals surface area contributed by atoms with Gasteiger partial charge in [-0.25, -0.2) is 9.67 Å². The van der Waals surface area contributed by atoms with Crippen LogP contribution in [-0.4, -0.2) is 66.9 Å². The topological polar surface area (TPSA) is 103 Å². The highest BCUT2D eigenvalue weighted by atomic mass is 16.5. The molecule has 1 fully saturated rings. The van der Waals surface area contributed by atoms with Crippen molar-refractivity contribution >= 4 is 5.91 Å². The van der Waals surface area contributed by atoms with Gasteiger partial charge in [-0.1, -0.05) is 13.8 Å². The Kier molecular flexibility index (Phi) is 6.29. The van der Waals surface area contributed by atoms with E-state index >= 15 is 0 Å². The molecule has 3 heterocycles. The number of tetrazole rings is 1. The highest BCUT2D eigenvalue weighted by Crippen LogP contribution is 2.05. The maximum Gasteiger partial charge on any atom is 0.242 e. The van der Waals surface area contributed by atoms with Crippen molar-refractivity contribution in [3.8, 4) is 0 Å². The fourth-order valence-corrected chi connectivity index (χ4v) is 2.85. The number of aromatic nitrogens is 6. The summed E-state index contributed by atoms with van der Waals surface area (Å²) < 4.78 is 8.96. The van der Waals surface area contributed by atoms with Crippen molar-refractivity contribution in [2.45, 2.75) is 40.0 Å². The number of hydrogen-bond acceptors (Lipinski definition) is 7. The summed E-state index contributed by atoms with van der Waals surface area (Å²) in [6.07, 6.45) is 3.58. The monoisotopic (exact) mass is 362 g/mol. The summed E-state index contributed by atoms with van der Waals surface area (Å²) in [5.74, 6) is 1.08. The number of amides is 1. The van der Waals surface area contributed by atoms with E-state index < -0.39 is 0 Å². The van der Waals surface area contributed by atoms with Crippen molar-refractivity contribution in [1.29, 1.82) is 0 Å². The Bertz CT molecular complexity index is 705. The van der Waals surface area contributed by atoms with Crippen molar-refractivity contribution in [3.63, 3.8) is 0 Å². The van der Waals surface area contributed by atoms with Crippen LogP contribution in [0.3, 0.4) is 0 Å². The molecule has 142 valence electrons. The Hall–Kier alpha value is -2.33. The molecule has 3 rings (SSSR count). The van der Waals surface area contributed by atoms with Gasteiger partial charge in [-0.2, -0.15) is 0 Å². The van der Waals surface area contributed by atoms with Crippen LogP contribution in [0.2, 0.25) is 0 Å². The second-order valence-corrected chi connectivity index (χ2v) is 6.85. The van der Waals surface area contributed by atoms with Crippen LogP contribution < -0.4 is 5.32 Å². The fraction of sp³-hybridized carbons (Fsp3) is 0.688. The van der Waals surface area contributed by atoms with E-state index in [0.717, 1.165) is 25.3 Å². The highest BCUT2D eigenvalue weighted by Gasteiger charge is 2.16. The quantitative estimate of drug-likeness (QED) is 0.686. The van der Waals surface area contributed by atoms with E-state index in [1.54, 1.807) is 17.2 Å². The lowest BCUT2D eigenvalue weighted by molar-refractivity contribution is -0.122. The van der Waals surface area contributed by atoms with E-state index in [1.807, 2.05) is 0 Å². The Morgan fingerprint density at radius 1 is 1.35 bits per heavy atom. The summed E-state index contributed by atoms with van der Waals surface area (Å²) in [6, 6.07) is 0. The van der Waals surface area contributed by atoms with Crippen molar-refractivity contribution in [1.82, 2.24) is 40.0 Å². The van der Waals surface area contributed by atoms with E-state index in [1.165, 1.54) is 0 Å². The van der Waals surface area contributed by atoms with Crippen LogP contribution in [0.4, 0.5) is 0 Å². The SMILES string of the molecule is CC(C)Cn1cncc1CNC(=O)Cn1nnnc1CN1CCOCC1. The molecule has 0 aliphatic carbocycles. The van der Waals surface area contributed by atoms with Gasteiger partial charge in [0, 0.05) is 25.8 Å². The first-order chi connectivity index (χ1) is 12.6. The summed E-state index contributed by atoms with van der Waals surface area (Å²) >= 11 is 0. The van der Waals surface area contributed by atoms with E-state index in [-0.39, 0.29) is 12.5 Å². The molecule has 0 spiro atoms. The molecule has 1 aliphatic heterocycles. The average Bonchev–Trinajstić information content (AvgIpc) is 3.23. The Labute approximate surface area is 152 Å². The van der Waals surface area contributed by atoms with Crippen LogP contribution in [0.25, 0.3) is 0 Å². The molecule has 0 radical (unpaired) electrons. The Morgan fingerprint density at radius 2 is 2.15 bits per heavy atom. The van der Waals surface area contributed by atoms with Gasteiger partial charge in [0.25, 0.3) is 0 Å². The second-order valence-electron chi connectivity index (χ2n) is 6.85. The lowest BCUT2D eigenvalue weighted by Gasteiger charge is -2.25. The number of nitrogens with one attached hydrogen (secondary N) is 1. The minimum Gasteiger partial charge on any atom is -0.379 e. The molecule has 1 amide bonds. The fourth-order valence-electron chi connectivity index (χ4n) is 2.85. The number of nitrogens with zero attached hydrogens (tertiary/aromatic N) is 7. The van der Waals surface area contributed by atoms with Crippen molar-refractivity contribution in [3.05, 3.63) is 24.0 Å². The van der Waals surface area contributed by atoms with E-state index in [4.69, 9.17) is 4.74 Å². The molecule has 2 aromatic heterocycles. The van der Waals surface area contributed by atoms with Gasteiger partial charge in [0.05, 0.1) is 38.3 Å². The van der Waals surface area contributed by atoms with E-state index in [2.05, 4.69) is 49.1 Å². The van der Waals surface area contributed by atoms with Gasteiger partial charge in [-0.3, -0.25) is 9.69 Å². The van der Waals surface area contributed by atoms with Crippen LogP contribution >= 0.6 is 0 Å². The van der Waals surface area contributed by atoms with Crippen LogP contribution in [0.1, 0.15) is 25.4 Å². The molecule has 1 aliphatic rings. The first-order valence-electron chi connectivity index (χ1n) is 8.92. The normalized spacial score (nSPS) is 15.5. The zero-order valence-electron chi connectivity index (χ0n) is 15.3. The molecule has 1 saturated heterocycles. The number of ether oxygens (including phenoxy) is 1. The first-order valence-corrected chi connectivity index (χ1v) is 8.92. The highest BCUT2D eigenvalue weighted by molar-refractivity contribution is 5.75. The third kappa shape index (κ3) is 5.09. The van der Waals surface area contributed by atoms with Crippen molar-refractivity contribution in [2.75, 3.05) is 26.3 Å². The van der Waals surface area contributed by atoms with Crippen molar-refractivity contribution in [2.24, 2.45) is 5.92 Å². The minimum atomic E-state index is -0.127. The zero-order chi connectivity index (χ0) is 18.4. The molecule has 0 aromatic carbocycles. The summed E-state index contributed by atoms with van der Waals surface area (Å²) in [5, 5.41) is 14.6. The molecule has 2 aromatic rings. The number of hydrogen-bond donors (Lipinski definition) is 1. The van der Waals surface area contributed by atoms with Crippen molar-refractivity contribution < 1.29 is 9.53 Å². The van der Waals surface area contributed by atoms with Gasteiger partial charge in [0.1, 0.15) is 6.54 Å². The van der Waals surface area contributed by atoms with Gasteiger partial charge in [0.15, 0.2) is 5.82 Å². The Balaban J connectivity index is 1.51. The van der Waals surface area contributed by atoms with Gasteiger partial charge in [-0.15, -0.1) is 5.10 Å². The molecule has 26 heavy (non-hydrogen) atoms. The maximum atomic E-state index is 12.3. The molecule has 0 saturated carbocycles. The second kappa shape index (κ2) is 8.86. The van der Waals surface area contributed by atoms with Gasteiger partial charge in [-0.05, 0) is 16.3 Å². The molecular formula is C16H26N8O2. The van der Waals surface area contributed by atoms with Gasteiger partial charge < -0.3 is 14.6 Å². The van der Waals surface area contributed by atoms with Crippen LogP contribution in [-0.2, 0) is 35.7 Å². The maximum absolute atomic E-state index is 12.3. The van der Waals surface area contributed by atoms with E-state index in [0.29, 0.717) is 38.0 Å². The summed E-state index contributed by atoms with van der Waals surface area (Å²) in [4.78, 5) is 18.7. The predicted molar refractivity (Wildman–Crippen MR) is 92.8 cm³/mol. The van der Waals surface area contributed by atoms with Crippen LogP contribution in [0.15, 0.2) is 12.5 Å². The van der Waals surface area contributed by atoms with Crippen LogP contribution in [0.5, 0.6) is 0 Å². The number of carbonyl (C=O) groups excluding carboxylic acids is 1. The summed E-state index contributed by atoms with van der Waals surface area (Å²) in [5.41, 5.74) is 0.984. The Morgan fingerprint density at radius 3 is 2.92 bits per heavy atom. The number of morpholine rings is 1. The standard InChI is InChI=1S/C16H26N8O2/c1-13(2)9-23-12-17-7-14(23)8-18-16(25)11-24-15(19-20-21-24)10-22-3-5-26-6-4-22/h7,12-13H,3-6,8-11H2,1-2H3,(H,18,25). The van der Waals surface area contributed by atoms with E-state index in [9.17, 15) is 4.79 Å². The van der Waals surface area contributed by atoms with Crippen LogP contribution in [0, 0.1) is 5.92 Å².